The number of carbonyl (C=O) groups excluding carboxylic acids is 1. The van der Waals surface area contributed by atoms with E-state index in [1.807, 2.05) is 37.3 Å². The number of amides is 1. The summed E-state index contributed by atoms with van der Waals surface area (Å²) in [6.07, 6.45) is 3.28. The molecule has 0 aliphatic carbocycles. The monoisotopic (exact) mass is 394 g/mol. The first-order valence-corrected chi connectivity index (χ1v) is 9.57. The third-order valence-electron chi connectivity index (χ3n) is 5.01. The molecule has 0 saturated heterocycles. The number of pyridine rings is 1. The van der Waals surface area contributed by atoms with Gasteiger partial charge < -0.3 is 9.88 Å². The Kier molecular flexibility index (Phi) is 4.40. The number of anilines is 1. The van der Waals surface area contributed by atoms with E-state index >= 15 is 0 Å². The van der Waals surface area contributed by atoms with Gasteiger partial charge in [-0.1, -0.05) is 30.3 Å². The maximum absolute atomic E-state index is 12.8. The van der Waals surface area contributed by atoms with Crippen LogP contribution in [0, 0.1) is 6.92 Å². The van der Waals surface area contributed by atoms with Crippen LogP contribution in [0.25, 0.3) is 22.1 Å². The number of fused-ring (bicyclic) bond motifs is 3. The largest absolute Gasteiger partial charge is 0.322 e. The first kappa shape index (κ1) is 17.9. The van der Waals surface area contributed by atoms with Crippen LogP contribution in [-0.2, 0) is 6.54 Å². The van der Waals surface area contributed by atoms with Crippen molar-refractivity contribution < 1.29 is 4.79 Å². The number of rotatable bonds is 4. The molecular formula is C23H18N6O. The molecule has 5 aromatic rings. The molecule has 7 heteroatoms. The highest BCUT2D eigenvalue weighted by Crippen LogP contribution is 2.25. The Balaban J connectivity index is 1.61. The Morgan fingerprint density at radius 2 is 1.90 bits per heavy atom. The van der Waals surface area contributed by atoms with Crippen molar-refractivity contribution in [2.45, 2.75) is 13.5 Å². The van der Waals surface area contributed by atoms with Gasteiger partial charge in [-0.25, -0.2) is 4.98 Å². The molecule has 3 heterocycles. The van der Waals surface area contributed by atoms with Crippen molar-refractivity contribution in [1.29, 1.82) is 0 Å². The van der Waals surface area contributed by atoms with Crippen molar-refractivity contribution in [2.75, 3.05) is 5.32 Å². The fourth-order valence-electron chi connectivity index (χ4n) is 3.54. The number of aryl methyl sites for hydroxylation is 1. The van der Waals surface area contributed by atoms with Crippen molar-refractivity contribution in [2.24, 2.45) is 0 Å². The van der Waals surface area contributed by atoms with Crippen molar-refractivity contribution in [3.8, 4) is 0 Å². The second-order valence-corrected chi connectivity index (χ2v) is 7.03. The summed E-state index contributed by atoms with van der Waals surface area (Å²) in [4.78, 5) is 21.4. The summed E-state index contributed by atoms with van der Waals surface area (Å²) in [5.74, 6) is 0.640. The first-order chi connectivity index (χ1) is 14.7. The normalized spacial score (nSPS) is 11.1. The van der Waals surface area contributed by atoms with Gasteiger partial charge in [-0.2, -0.15) is 0 Å². The number of nitrogens with zero attached hydrogens (tertiary/aromatic N) is 5. The number of hydrogen-bond acceptors (Lipinski definition) is 5. The van der Waals surface area contributed by atoms with Gasteiger partial charge in [-0.05, 0) is 42.8 Å². The Bertz CT molecular complexity index is 1360. The molecule has 0 unspecified atom stereocenters. The molecule has 0 aliphatic rings. The Labute approximate surface area is 172 Å². The first-order valence-electron chi connectivity index (χ1n) is 9.57. The molecule has 0 bridgehead atoms. The molecule has 3 aromatic heterocycles. The lowest BCUT2D eigenvalue weighted by Crippen LogP contribution is -2.12. The molecule has 0 fully saturated rings. The summed E-state index contributed by atoms with van der Waals surface area (Å²) in [5.41, 5.74) is 4.50. The van der Waals surface area contributed by atoms with Gasteiger partial charge in [0.2, 0.25) is 5.65 Å². The number of nitrogens with one attached hydrogen (secondary N) is 1. The smallest absolute Gasteiger partial charge is 0.255 e. The Hall–Kier alpha value is -4.13. The highest BCUT2D eigenvalue weighted by atomic mass is 16.1. The number of imidazole rings is 1. The highest BCUT2D eigenvalue weighted by molar-refractivity contribution is 6.09. The second-order valence-electron chi connectivity index (χ2n) is 7.03. The lowest BCUT2D eigenvalue weighted by molar-refractivity contribution is 0.102. The zero-order valence-corrected chi connectivity index (χ0v) is 16.3. The number of carbonyl (C=O) groups is 1. The number of benzene rings is 2. The molecule has 2 aromatic carbocycles. The summed E-state index contributed by atoms with van der Waals surface area (Å²) >= 11 is 0. The van der Waals surface area contributed by atoms with E-state index in [1.54, 1.807) is 30.6 Å². The summed E-state index contributed by atoms with van der Waals surface area (Å²) in [6, 6.07) is 19.2. The predicted octanol–water partition coefficient (Wildman–Crippen LogP) is 3.98. The van der Waals surface area contributed by atoms with Gasteiger partial charge in [-0.3, -0.25) is 9.78 Å². The van der Waals surface area contributed by atoms with Gasteiger partial charge in [-0.15, -0.1) is 10.2 Å². The van der Waals surface area contributed by atoms with Crippen molar-refractivity contribution in [3.05, 3.63) is 90.0 Å². The van der Waals surface area contributed by atoms with E-state index in [9.17, 15) is 4.79 Å². The van der Waals surface area contributed by atoms with Crippen LogP contribution < -0.4 is 5.32 Å². The van der Waals surface area contributed by atoms with Crippen molar-refractivity contribution >= 4 is 33.7 Å². The topological polar surface area (TPSA) is 85.6 Å². The standard InChI is InChI=1S/C23H18N6O/c1-15-25-22-21(29(15)14-16-6-3-2-4-7-16)19-12-17(9-10-20(19)27-28-22)23(30)26-18-8-5-11-24-13-18/h2-13H,14H2,1H3,(H,26,30). The van der Waals surface area contributed by atoms with E-state index in [1.165, 1.54) is 0 Å². The minimum atomic E-state index is -0.208. The van der Waals surface area contributed by atoms with E-state index < -0.39 is 0 Å². The molecule has 0 atom stereocenters. The van der Waals surface area contributed by atoms with Crippen LogP contribution in [0.3, 0.4) is 0 Å². The minimum absolute atomic E-state index is 0.208. The van der Waals surface area contributed by atoms with Crippen LogP contribution in [0.2, 0.25) is 0 Å². The molecule has 146 valence electrons. The Morgan fingerprint density at radius 3 is 2.70 bits per heavy atom. The van der Waals surface area contributed by atoms with Crippen LogP contribution in [0.4, 0.5) is 5.69 Å². The Morgan fingerprint density at radius 1 is 1.03 bits per heavy atom. The van der Waals surface area contributed by atoms with Gasteiger partial charge in [0.25, 0.3) is 5.91 Å². The molecule has 0 spiro atoms. The SMILES string of the molecule is Cc1nc2nnc3ccc(C(=O)Nc4cccnc4)cc3c2n1Cc1ccccc1. The molecule has 5 rings (SSSR count). The highest BCUT2D eigenvalue weighted by Gasteiger charge is 2.16. The molecule has 1 amide bonds. The number of hydrogen-bond donors (Lipinski definition) is 1. The van der Waals surface area contributed by atoms with E-state index in [-0.39, 0.29) is 5.91 Å². The van der Waals surface area contributed by atoms with E-state index in [0.717, 1.165) is 27.8 Å². The van der Waals surface area contributed by atoms with Gasteiger partial charge in [0.05, 0.1) is 22.9 Å². The predicted molar refractivity (Wildman–Crippen MR) is 115 cm³/mol. The van der Waals surface area contributed by atoms with Gasteiger partial charge >= 0.3 is 0 Å². The number of aromatic nitrogens is 5. The fourth-order valence-corrected chi connectivity index (χ4v) is 3.54. The van der Waals surface area contributed by atoms with Crippen LogP contribution in [0.5, 0.6) is 0 Å². The second kappa shape index (κ2) is 7.36. The summed E-state index contributed by atoms with van der Waals surface area (Å²) < 4.78 is 2.12. The van der Waals surface area contributed by atoms with Crippen LogP contribution in [0.15, 0.2) is 73.1 Å². The lowest BCUT2D eigenvalue weighted by Gasteiger charge is -2.10. The van der Waals surface area contributed by atoms with Crippen molar-refractivity contribution in [1.82, 2.24) is 24.7 Å². The zero-order valence-electron chi connectivity index (χ0n) is 16.3. The molecule has 30 heavy (non-hydrogen) atoms. The fraction of sp³-hybridized carbons (Fsp3) is 0.0870. The van der Waals surface area contributed by atoms with Gasteiger partial charge in [0, 0.05) is 23.7 Å². The van der Waals surface area contributed by atoms with E-state index in [4.69, 9.17) is 0 Å². The minimum Gasteiger partial charge on any atom is -0.322 e. The molecule has 0 aliphatic heterocycles. The summed E-state index contributed by atoms with van der Waals surface area (Å²) in [7, 11) is 0. The molecular weight excluding hydrogens is 376 g/mol. The quantitative estimate of drug-likeness (QED) is 0.498. The molecule has 7 nitrogen and oxygen atoms in total. The zero-order chi connectivity index (χ0) is 20.5. The summed E-state index contributed by atoms with van der Waals surface area (Å²) in [5, 5.41) is 12.3. The molecule has 0 radical (unpaired) electrons. The van der Waals surface area contributed by atoms with Crippen molar-refractivity contribution in [3.63, 3.8) is 0 Å². The average molecular weight is 394 g/mol. The maximum atomic E-state index is 12.8. The molecule has 1 N–H and O–H groups in total. The van der Waals surface area contributed by atoms with E-state index in [2.05, 4.69) is 42.2 Å². The summed E-state index contributed by atoms with van der Waals surface area (Å²) in [6.45, 7) is 2.62. The van der Waals surface area contributed by atoms with Gasteiger partial charge in [0.1, 0.15) is 5.82 Å². The van der Waals surface area contributed by atoms with E-state index in [0.29, 0.717) is 23.4 Å². The molecule has 0 saturated carbocycles. The van der Waals surface area contributed by atoms with Gasteiger partial charge in [0.15, 0.2) is 0 Å². The third kappa shape index (κ3) is 3.26. The lowest BCUT2D eigenvalue weighted by atomic mass is 10.1. The third-order valence-corrected chi connectivity index (χ3v) is 5.01. The van der Waals surface area contributed by atoms with Crippen LogP contribution in [-0.4, -0.2) is 30.6 Å². The van der Waals surface area contributed by atoms with Crippen LogP contribution in [0.1, 0.15) is 21.7 Å². The maximum Gasteiger partial charge on any atom is 0.255 e. The van der Waals surface area contributed by atoms with Crippen LogP contribution >= 0.6 is 0 Å². The average Bonchev–Trinajstić information content (AvgIpc) is 3.10.